The van der Waals surface area contributed by atoms with Crippen molar-refractivity contribution in [2.24, 2.45) is 11.7 Å². The molecule has 7 heteroatoms. The third-order valence-corrected chi connectivity index (χ3v) is 3.11. The van der Waals surface area contributed by atoms with E-state index in [-0.39, 0.29) is 29.2 Å². The Hall–Kier alpha value is -2.18. The maximum Gasteiger partial charge on any atom is 0.276 e. The molecule has 1 aliphatic rings. The van der Waals surface area contributed by atoms with Gasteiger partial charge < -0.3 is 16.4 Å². The Morgan fingerprint density at radius 2 is 1.83 bits per heavy atom. The lowest BCUT2D eigenvalue weighted by molar-refractivity contribution is -0.123. The van der Waals surface area contributed by atoms with Gasteiger partial charge in [-0.3, -0.25) is 9.59 Å². The SMILES string of the molecule is NC(=O)C1CCN(C(=O)c2nccnc2N)CC1. The molecule has 1 aromatic rings. The number of nitrogen functional groups attached to an aromatic ring is 1. The molecule has 2 heterocycles. The standard InChI is InChI=1S/C11H15N5O2/c12-9-8(14-3-4-15-9)11(18)16-5-1-7(2-6-16)10(13)17/h3-4,7H,1-2,5-6H2,(H2,12,15)(H2,13,17). The van der Waals surface area contributed by atoms with Crippen LogP contribution in [0.5, 0.6) is 0 Å². The van der Waals surface area contributed by atoms with Crippen molar-refractivity contribution in [1.29, 1.82) is 0 Å². The number of carbonyl (C=O) groups excluding carboxylic acids is 2. The summed E-state index contributed by atoms with van der Waals surface area (Å²) in [6.07, 6.45) is 4.04. The normalized spacial score (nSPS) is 16.6. The number of likely N-dealkylation sites (tertiary alicyclic amines) is 1. The average molecular weight is 249 g/mol. The van der Waals surface area contributed by atoms with Crippen molar-refractivity contribution in [2.45, 2.75) is 12.8 Å². The van der Waals surface area contributed by atoms with Gasteiger partial charge in [0.25, 0.3) is 5.91 Å². The van der Waals surface area contributed by atoms with Crippen molar-refractivity contribution in [3.05, 3.63) is 18.1 Å². The summed E-state index contributed by atoms with van der Waals surface area (Å²) in [5.41, 5.74) is 11.0. The van der Waals surface area contributed by atoms with Crippen LogP contribution in [0, 0.1) is 5.92 Å². The fourth-order valence-corrected chi connectivity index (χ4v) is 2.03. The summed E-state index contributed by atoms with van der Waals surface area (Å²) in [4.78, 5) is 32.5. The van der Waals surface area contributed by atoms with Crippen LogP contribution in [-0.4, -0.2) is 39.8 Å². The number of amides is 2. The van der Waals surface area contributed by atoms with Gasteiger partial charge in [-0.1, -0.05) is 0 Å². The predicted octanol–water partition coefficient (Wildman–Crippen LogP) is -0.604. The summed E-state index contributed by atoms with van der Waals surface area (Å²) in [6.45, 7) is 0.977. The van der Waals surface area contributed by atoms with E-state index in [9.17, 15) is 9.59 Å². The Morgan fingerprint density at radius 3 is 2.39 bits per heavy atom. The second-order valence-electron chi connectivity index (χ2n) is 4.26. The van der Waals surface area contributed by atoms with E-state index in [0.717, 1.165) is 0 Å². The number of primary amides is 1. The number of piperidine rings is 1. The van der Waals surface area contributed by atoms with E-state index in [0.29, 0.717) is 25.9 Å². The van der Waals surface area contributed by atoms with E-state index in [1.165, 1.54) is 12.4 Å². The highest BCUT2D eigenvalue weighted by atomic mass is 16.2. The van der Waals surface area contributed by atoms with Crippen molar-refractivity contribution in [1.82, 2.24) is 14.9 Å². The number of anilines is 1. The maximum atomic E-state index is 12.1. The van der Waals surface area contributed by atoms with Crippen LogP contribution >= 0.6 is 0 Å². The molecular formula is C11H15N5O2. The first-order valence-corrected chi connectivity index (χ1v) is 5.74. The third kappa shape index (κ3) is 2.39. The summed E-state index contributed by atoms with van der Waals surface area (Å²) in [6, 6.07) is 0. The maximum absolute atomic E-state index is 12.1. The molecule has 0 unspecified atom stereocenters. The molecule has 7 nitrogen and oxygen atoms in total. The van der Waals surface area contributed by atoms with Crippen LogP contribution < -0.4 is 11.5 Å². The highest BCUT2D eigenvalue weighted by molar-refractivity contribution is 5.96. The quantitative estimate of drug-likeness (QED) is 0.725. The molecule has 0 aromatic carbocycles. The minimum atomic E-state index is -0.305. The van der Waals surface area contributed by atoms with Crippen LogP contribution in [0.2, 0.25) is 0 Å². The fraction of sp³-hybridized carbons (Fsp3) is 0.455. The largest absolute Gasteiger partial charge is 0.382 e. The molecule has 2 amide bonds. The lowest BCUT2D eigenvalue weighted by Crippen LogP contribution is -2.42. The molecular weight excluding hydrogens is 234 g/mol. The summed E-state index contributed by atoms with van der Waals surface area (Å²) < 4.78 is 0. The van der Waals surface area contributed by atoms with E-state index in [4.69, 9.17) is 11.5 Å². The Bertz CT molecular complexity index is 468. The van der Waals surface area contributed by atoms with Gasteiger partial charge in [0.05, 0.1) is 0 Å². The van der Waals surface area contributed by atoms with Gasteiger partial charge in [-0.15, -0.1) is 0 Å². The van der Waals surface area contributed by atoms with Gasteiger partial charge in [0.15, 0.2) is 11.5 Å². The summed E-state index contributed by atoms with van der Waals surface area (Å²) in [5, 5.41) is 0. The van der Waals surface area contributed by atoms with E-state index in [1.54, 1.807) is 4.90 Å². The molecule has 18 heavy (non-hydrogen) atoms. The molecule has 0 atom stereocenters. The van der Waals surface area contributed by atoms with E-state index in [1.807, 2.05) is 0 Å². The molecule has 2 rings (SSSR count). The molecule has 96 valence electrons. The Morgan fingerprint density at radius 1 is 1.22 bits per heavy atom. The summed E-state index contributed by atoms with van der Waals surface area (Å²) in [5.74, 6) is -0.572. The molecule has 0 aliphatic carbocycles. The van der Waals surface area contributed by atoms with Gasteiger partial charge in [-0.2, -0.15) is 0 Å². The minimum absolute atomic E-state index is 0.125. The molecule has 1 saturated heterocycles. The Balaban J connectivity index is 2.04. The van der Waals surface area contributed by atoms with Gasteiger partial charge in [0, 0.05) is 31.4 Å². The van der Waals surface area contributed by atoms with E-state index >= 15 is 0 Å². The zero-order valence-electron chi connectivity index (χ0n) is 9.87. The molecule has 1 fully saturated rings. The van der Waals surface area contributed by atoms with Gasteiger partial charge >= 0.3 is 0 Å². The molecule has 0 saturated carbocycles. The van der Waals surface area contributed by atoms with Crippen LogP contribution in [0.4, 0.5) is 5.82 Å². The zero-order valence-corrected chi connectivity index (χ0v) is 9.87. The number of nitrogens with zero attached hydrogens (tertiary/aromatic N) is 3. The number of rotatable bonds is 2. The van der Waals surface area contributed by atoms with Crippen LogP contribution in [-0.2, 0) is 4.79 Å². The molecule has 0 bridgehead atoms. The fourth-order valence-electron chi connectivity index (χ4n) is 2.03. The highest BCUT2D eigenvalue weighted by Gasteiger charge is 2.27. The second-order valence-corrected chi connectivity index (χ2v) is 4.26. The number of nitrogens with two attached hydrogens (primary N) is 2. The molecule has 1 aromatic heterocycles. The van der Waals surface area contributed by atoms with Crippen molar-refractivity contribution in [3.8, 4) is 0 Å². The monoisotopic (exact) mass is 249 g/mol. The van der Waals surface area contributed by atoms with Crippen molar-refractivity contribution in [3.63, 3.8) is 0 Å². The lowest BCUT2D eigenvalue weighted by atomic mass is 9.96. The summed E-state index contributed by atoms with van der Waals surface area (Å²) in [7, 11) is 0. The van der Waals surface area contributed by atoms with E-state index in [2.05, 4.69) is 9.97 Å². The number of hydrogen-bond donors (Lipinski definition) is 2. The van der Waals surface area contributed by atoms with Crippen molar-refractivity contribution in [2.75, 3.05) is 18.8 Å². The average Bonchev–Trinajstić information content (AvgIpc) is 2.38. The highest BCUT2D eigenvalue weighted by Crippen LogP contribution is 2.19. The second kappa shape index (κ2) is 4.99. The van der Waals surface area contributed by atoms with Gasteiger partial charge in [0.2, 0.25) is 5.91 Å². The molecule has 4 N–H and O–H groups in total. The number of aromatic nitrogens is 2. The van der Waals surface area contributed by atoms with Crippen molar-refractivity contribution < 1.29 is 9.59 Å². The Kier molecular flexibility index (Phi) is 3.40. The number of carbonyl (C=O) groups is 2. The first-order chi connectivity index (χ1) is 8.59. The predicted molar refractivity (Wildman–Crippen MR) is 64.3 cm³/mol. The number of hydrogen-bond acceptors (Lipinski definition) is 5. The molecule has 0 radical (unpaired) electrons. The van der Waals surface area contributed by atoms with Gasteiger partial charge in [-0.05, 0) is 12.8 Å². The molecule has 1 aliphatic heterocycles. The Labute approximate surface area is 104 Å². The zero-order chi connectivity index (χ0) is 13.1. The van der Waals surface area contributed by atoms with Crippen LogP contribution in [0.1, 0.15) is 23.3 Å². The van der Waals surface area contributed by atoms with Gasteiger partial charge in [0.1, 0.15) is 0 Å². The topological polar surface area (TPSA) is 115 Å². The molecule has 0 spiro atoms. The van der Waals surface area contributed by atoms with Crippen LogP contribution in [0.3, 0.4) is 0 Å². The third-order valence-electron chi connectivity index (χ3n) is 3.11. The van der Waals surface area contributed by atoms with Crippen molar-refractivity contribution >= 4 is 17.6 Å². The first kappa shape index (κ1) is 12.3. The van der Waals surface area contributed by atoms with Gasteiger partial charge in [-0.25, -0.2) is 9.97 Å². The van der Waals surface area contributed by atoms with Crippen LogP contribution in [0.15, 0.2) is 12.4 Å². The van der Waals surface area contributed by atoms with E-state index < -0.39 is 0 Å². The minimum Gasteiger partial charge on any atom is -0.382 e. The van der Waals surface area contributed by atoms with Crippen LogP contribution in [0.25, 0.3) is 0 Å². The lowest BCUT2D eigenvalue weighted by Gasteiger charge is -2.30. The summed E-state index contributed by atoms with van der Waals surface area (Å²) >= 11 is 0. The smallest absolute Gasteiger partial charge is 0.276 e. The first-order valence-electron chi connectivity index (χ1n) is 5.74.